The second kappa shape index (κ2) is 6.50. The van der Waals surface area contributed by atoms with Crippen molar-refractivity contribution in [1.82, 2.24) is 4.90 Å². The normalized spacial score (nSPS) is 11.2. The topological polar surface area (TPSA) is 40.5 Å². The molecule has 0 atom stereocenters. The average Bonchev–Trinajstić information content (AvgIpc) is 2.27. The minimum Gasteiger partial charge on any atom is -0.478 e. The van der Waals surface area contributed by atoms with E-state index in [1.807, 2.05) is 0 Å². The molecule has 1 rings (SSSR count). The van der Waals surface area contributed by atoms with Crippen LogP contribution in [0.1, 0.15) is 43.1 Å². The second-order valence-corrected chi connectivity index (χ2v) is 4.72. The zero-order valence-electron chi connectivity index (χ0n) is 11.1. The quantitative estimate of drug-likeness (QED) is 0.846. The molecule has 0 saturated carbocycles. The molecule has 4 heteroatoms. The highest BCUT2D eigenvalue weighted by Crippen LogP contribution is 2.14. The Balaban J connectivity index is 2.91. The first kappa shape index (κ1) is 14.6. The zero-order valence-corrected chi connectivity index (χ0v) is 11.1. The van der Waals surface area contributed by atoms with Gasteiger partial charge < -0.3 is 5.11 Å². The van der Waals surface area contributed by atoms with Gasteiger partial charge in [0.25, 0.3) is 0 Å². The zero-order chi connectivity index (χ0) is 13.7. The lowest BCUT2D eigenvalue weighted by Crippen LogP contribution is -2.31. The fraction of sp³-hybridized carbons (Fsp3) is 0.500. The van der Waals surface area contributed by atoms with Gasteiger partial charge in [-0.3, -0.25) is 4.90 Å². The van der Waals surface area contributed by atoms with Crippen molar-refractivity contribution in [3.8, 4) is 0 Å². The molecule has 0 heterocycles. The van der Waals surface area contributed by atoms with Gasteiger partial charge in [0.15, 0.2) is 0 Å². The minimum atomic E-state index is -1.10. The third-order valence-electron chi connectivity index (χ3n) is 2.83. The average molecular weight is 253 g/mol. The van der Waals surface area contributed by atoms with Gasteiger partial charge in [-0.25, -0.2) is 9.18 Å². The first-order valence-electron chi connectivity index (χ1n) is 6.20. The molecule has 0 spiro atoms. The lowest BCUT2D eigenvalue weighted by Gasteiger charge is -2.26. The Morgan fingerprint density at radius 1 is 1.39 bits per heavy atom. The molecule has 1 N–H and O–H groups in total. The van der Waals surface area contributed by atoms with E-state index in [1.54, 1.807) is 0 Å². The predicted octanol–water partition coefficient (Wildman–Crippen LogP) is 3.14. The molecule has 0 aliphatic rings. The van der Waals surface area contributed by atoms with Gasteiger partial charge in [-0.2, -0.15) is 0 Å². The molecule has 0 fully saturated rings. The molecule has 1 aromatic rings. The molecule has 0 saturated heterocycles. The molecule has 100 valence electrons. The second-order valence-electron chi connectivity index (χ2n) is 4.72. The van der Waals surface area contributed by atoms with Crippen LogP contribution in [0.2, 0.25) is 0 Å². The highest BCUT2D eigenvalue weighted by molar-refractivity contribution is 5.87. The number of carbonyl (C=O) groups is 1. The maximum absolute atomic E-state index is 13.3. The van der Waals surface area contributed by atoms with Crippen LogP contribution in [0.5, 0.6) is 0 Å². The maximum atomic E-state index is 13.3. The Kier molecular flexibility index (Phi) is 5.28. The highest BCUT2D eigenvalue weighted by atomic mass is 19.1. The van der Waals surface area contributed by atoms with Crippen LogP contribution in [0.3, 0.4) is 0 Å². The lowest BCUT2D eigenvalue weighted by atomic mass is 10.1. The van der Waals surface area contributed by atoms with Crippen molar-refractivity contribution in [2.45, 2.75) is 39.8 Å². The van der Waals surface area contributed by atoms with Crippen molar-refractivity contribution in [3.05, 3.63) is 35.1 Å². The van der Waals surface area contributed by atoms with Crippen LogP contribution in [0.4, 0.5) is 4.39 Å². The van der Waals surface area contributed by atoms with Gasteiger partial charge in [0.2, 0.25) is 0 Å². The summed E-state index contributed by atoms with van der Waals surface area (Å²) in [6, 6.07) is 4.33. The summed E-state index contributed by atoms with van der Waals surface area (Å²) in [5.41, 5.74) is 0.708. The number of nitrogens with zero attached hydrogens (tertiary/aromatic N) is 1. The molecular formula is C14H20FNO2. The van der Waals surface area contributed by atoms with Gasteiger partial charge in [-0.15, -0.1) is 0 Å². The SMILES string of the molecule is CCCN(Cc1cc(F)cc(C(=O)O)c1)C(C)C. The number of rotatable bonds is 6. The molecule has 0 aliphatic carbocycles. The van der Waals surface area contributed by atoms with Crippen LogP contribution < -0.4 is 0 Å². The molecule has 1 aromatic carbocycles. The molecule has 0 bridgehead atoms. The van der Waals surface area contributed by atoms with E-state index in [1.165, 1.54) is 12.1 Å². The Labute approximate surface area is 107 Å². The molecule has 0 aromatic heterocycles. The summed E-state index contributed by atoms with van der Waals surface area (Å²) in [4.78, 5) is 13.1. The van der Waals surface area contributed by atoms with E-state index in [4.69, 9.17) is 5.11 Å². The number of aromatic carboxylic acids is 1. The number of carboxylic acid groups (broad SMARTS) is 1. The van der Waals surface area contributed by atoms with Crippen molar-refractivity contribution in [1.29, 1.82) is 0 Å². The smallest absolute Gasteiger partial charge is 0.335 e. The summed E-state index contributed by atoms with van der Waals surface area (Å²) in [5, 5.41) is 8.90. The summed E-state index contributed by atoms with van der Waals surface area (Å²) in [6.45, 7) is 7.73. The van der Waals surface area contributed by atoms with E-state index in [2.05, 4.69) is 25.7 Å². The van der Waals surface area contributed by atoms with Gasteiger partial charge in [0, 0.05) is 12.6 Å². The largest absolute Gasteiger partial charge is 0.478 e. The molecule has 3 nitrogen and oxygen atoms in total. The monoisotopic (exact) mass is 253 g/mol. The van der Waals surface area contributed by atoms with Gasteiger partial charge in [-0.05, 0) is 50.6 Å². The van der Waals surface area contributed by atoms with Crippen molar-refractivity contribution >= 4 is 5.97 Å². The molecule has 0 unspecified atom stereocenters. The molecule has 0 aliphatic heterocycles. The number of benzene rings is 1. The van der Waals surface area contributed by atoms with Gasteiger partial charge >= 0.3 is 5.97 Å². The Bertz CT molecular complexity index is 418. The van der Waals surface area contributed by atoms with Crippen LogP contribution >= 0.6 is 0 Å². The summed E-state index contributed by atoms with van der Waals surface area (Å²) in [6.07, 6.45) is 1.01. The Morgan fingerprint density at radius 3 is 2.56 bits per heavy atom. The van der Waals surface area contributed by atoms with Crippen LogP contribution in [0.15, 0.2) is 18.2 Å². The van der Waals surface area contributed by atoms with E-state index in [0.29, 0.717) is 18.2 Å². The predicted molar refractivity (Wildman–Crippen MR) is 69.2 cm³/mol. The fourth-order valence-electron chi connectivity index (χ4n) is 1.91. The third kappa shape index (κ3) is 4.11. The minimum absolute atomic E-state index is 0.00482. The van der Waals surface area contributed by atoms with Crippen molar-refractivity contribution in [3.63, 3.8) is 0 Å². The third-order valence-corrected chi connectivity index (χ3v) is 2.83. The van der Waals surface area contributed by atoms with Crippen molar-refractivity contribution < 1.29 is 14.3 Å². The van der Waals surface area contributed by atoms with E-state index in [9.17, 15) is 9.18 Å². The van der Waals surface area contributed by atoms with Crippen LogP contribution in [0, 0.1) is 5.82 Å². The summed E-state index contributed by atoms with van der Waals surface area (Å²) >= 11 is 0. The van der Waals surface area contributed by atoms with Crippen LogP contribution in [0.25, 0.3) is 0 Å². The number of hydrogen-bond acceptors (Lipinski definition) is 2. The maximum Gasteiger partial charge on any atom is 0.335 e. The first-order valence-corrected chi connectivity index (χ1v) is 6.20. The number of carboxylic acids is 1. The number of hydrogen-bond donors (Lipinski definition) is 1. The molecular weight excluding hydrogens is 233 g/mol. The lowest BCUT2D eigenvalue weighted by molar-refractivity contribution is 0.0696. The van der Waals surface area contributed by atoms with E-state index < -0.39 is 11.8 Å². The molecule has 18 heavy (non-hydrogen) atoms. The summed E-state index contributed by atoms with van der Waals surface area (Å²) in [7, 11) is 0. The van der Waals surface area contributed by atoms with Gasteiger partial charge in [0.05, 0.1) is 5.56 Å². The number of halogens is 1. The molecule has 0 amide bonds. The van der Waals surface area contributed by atoms with Gasteiger partial charge in [0.1, 0.15) is 5.82 Å². The summed E-state index contributed by atoms with van der Waals surface area (Å²) in [5.74, 6) is -1.59. The van der Waals surface area contributed by atoms with E-state index >= 15 is 0 Å². The first-order chi connectivity index (χ1) is 8.43. The van der Waals surface area contributed by atoms with Crippen LogP contribution in [-0.4, -0.2) is 28.6 Å². The van der Waals surface area contributed by atoms with Gasteiger partial charge in [-0.1, -0.05) is 6.92 Å². The van der Waals surface area contributed by atoms with E-state index in [0.717, 1.165) is 19.0 Å². The van der Waals surface area contributed by atoms with E-state index in [-0.39, 0.29) is 5.56 Å². The Morgan fingerprint density at radius 2 is 2.06 bits per heavy atom. The Hall–Kier alpha value is -1.42. The standard InChI is InChI=1S/C14H20FNO2/c1-4-5-16(10(2)3)9-11-6-12(14(17)18)8-13(15)7-11/h6-8,10H,4-5,9H2,1-3H3,(H,17,18). The highest BCUT2D eigenvalue weighted by Gasteiger charge is 2.12. The fourth-order valence-corrected chi connectivity index (χ4v) is 1.91. The van der Waals surface area contributed by atoms with Crippen molar-refractivity contribution in [2.24, 2.45) is 0 Å². The van der Waals surface area contributed by atoms with Crippen molar-refractivity contribution in [2.75, 3.05) is 6.54 Å². The van der Waals surface area contributed by atoms with Crippen LogP contribution in [-0.2, 0) is 6.54 Å². The molecule has 0 radical (unpaired) electrons. The summed E-state index contributed by atoms with van der Waals surface area (Å²) < 4.78 is 13.3.